The molecule has 0 radical (unpaired) electrons. The van der Waals surface area contributed by atoms with Crippen molar-refractivity contribution in [2.75, 3.05) is 46.3 Å². The second kappa shape index (κ2) is 6.70. The first-order chi connectivity index (χ1) is 9.83. The number of aryl methyl sites for hydroxylation is 1. The first-order valence-electron chi connectivity index (χ1n) is 8.04. The molecule has 2 aliphatic heterocycles. The van der Waals surface area contributed by atoms with Gasteiger partial charge in [0.1, 0.15) is 0 Å². The molecule has 0 aliphatic carbocycles. The number of likely N-dealkylation sites (N-methyl/N-ethyl adjacent to an activating group) is 1. The predicted molar refractivity (Wildman–Crippen MR) is 84.1 cm³/mol. The summed E-state index contributed by atoms with van der Waals surface area (Å²) in [6.45, 7) is 8.40. The van der Waals surface area contributed by atoms with Gasteiger partial charge in [0.05, 0.1) is 0 Å². The van der Waals surface area contributed by atoms with Gasteiger partial charge in [-0.3, -0.25) is 0 Å². The van der Waals surface area contributed by atoms with Crippen LogP contribution in [0.3, 0.4) is 0 Å². The standard InChI is InChI=1S/C17H27N3/c1-19-10-12-20(13-11-19)9-3-6-15-4-2-5-16-7-8-18-14-17(15)16/h2,4-5,18H,3,6-14H2,1H3. The molecule has 3 heteroatoms. The normalized spacial score (nSPS) is 20.9. The van der Waals surface area contributed by atoms with Crippen molar-refractivity contribution in [3.05, 3.63) is 34.9 Å². The lowest BCUT2D eigenvalue weighted by molar-refractivity contribution is 0.153. The van der Waals surface area contributed by atoms with Crippen LogP contribution in [0, 0.1) is 0 Å². The fourth-order valence-corrected chi connectivity index (χ4v) is 3.38. The molecule has 0 saturated carbocycles. The maximum absolute atomic E-state index is 3.51. The quantitative estimate of drug-likeness (QED) is 0.897. The van der Waals surface area contributed by atoms with Gasteiger partial charge in [0.2, 0.25) is 0 Å². The van der Waals surface area contributed by atoms with Crippen LogP contribution in [-0.2, 0) is 19.4 Å². The number of nitrogens with one attached hydrogen (secondary N) is 1. The third kappa shape index (κ3) is 3.40. The Kier molecular flexibility index (Phi) is 4.71. The molecule has 0 unspecified atom stereocenters. The van der Waals surface area contributed by atoms with E-state index in [-0.39, 0.29) is 0 Å². The fourth-order valence-electron chi connectivity index (χ4n) is 3.38. The minimum Gasteiger partial charge on any atom is -0.312 e. The van der Waals surface area contributed by atoms with Gasteiger partial charge in [-0.05, 0) is 56.1 Å². The van der Waals surface area contributed by atoms with Gasteiger partial charge in [-0.2, -0.15) is 0 Å². The van der Waals surface area contributed by atoms with Crippen LogP contribution in [-0.4, -0.2) is 56.1 Å². The van der Waals surface area contributed by atoms with E-state index in [1.165, 1.54) is 52.0 Å². The van der Waals surface area contributed by atoms with Crippen LogP contribution >= 0.6 is 0 Å². The van der Waals surface area contributed by atoms with Crippen molar-refractivity contribution in [3.63, 3.8) is 0 Å². The highest BCUT2D eigenvalue weighted by Gasteiger charge is 2.15. The van der Waals surface area contributed by atoms with Crippen molar-refractivity contribution in [1.29, 1.82) is 0 Å². The average molecular weight is 273 g/mol. The highest BCUT2D eigenvalue weighted by molar-refractivity contribution is 5.37. The Balaban J connectivity index is 1.51. The molecule has 0 amide bonds. The number of hydrogen-bond acceptors (Lipinski definition) is 3. The maximum atomic E-state index is 3.51. The van der Waals surface area contributed by atoms with Gasteiger partial charge in [-0.15, -0.1) is 0 Å². The van der Waals surface area contributed by atoms with E-state index < -0.39 is 0 Å². The Morgan fingerprint density at radius 3 is 2.85 bits per heavy atom. The van der Waals surface area contributed by atoms with Crippen LogP contribution in [0.25, 0.3) is 0 Å². The number of piperazine rings is 1. The van der Waals surface area contributed by atoms with E-state index in [1.807, 2.05) is 0 Å². The molecule has 1 N–H and O–H groups in total. The van der Waals surface area contributed by atoms with E-state index in [2.05, 4.69) is 40.4 Å². The molecule has 20 heavy (non-hydrogen) atoms. The van der Waals surface area contributed by atoms with Crippen LogP contribution < -0.4 is 5.32 Å². The van der Waals surface area contributed by atoms with Gasteiger partial charge in [0, 0.05) is 32.7 Å². The van der Waals surface area contributed by atoms with Crippen molar-refractivity contribution >= 4 is 0 Å². The molecule has 3 nitrogen and oxygen atoms in total. The summed E-state index contributed by atoms with van der Waals surface area (Å²) >= 11 is 0. The van der Waals surface area contributed by atoms with Gasteiger partial charge in [0.15, 0.2) is 0 Å². The molecule has 0 spiro atoms. The first kappa shape index (κ1) is 14.1. The van der Waals surface area contributed by atoms with Crippen molar-refractivity contribution < 1.29 is 0 Å². The van der Waals surface area contributed by atoms with E-state index in [4.69, 9.17) is 0 Å². The van der Waals surface area contributed by atoms with Crippen molar-refractivity contribution in [2.45, 2.75) is 25.8 Å². The molecule has 1 aromatic rings. The monoisotopic (exact) mass is 273 g/mol. The Morgan fingerprint density at radius 1 is 1.15 bits per heavy atom. The van der Waals surface area contributed by atoms with E-state index in [9.17, 15) is 0 Å². The molecule has 0 aromatic heterocycles. The topological polar surface area (TPSA) is 18.5 Å². The zero-order chi connectivity index (χ0) is 13.8. The van der Waals surface area contributed by atoms with Gasteiger partial charge >= 0.3 is 0 Å². The summed E-state index contributed by atoms with van der Waals surface area (Å²) in [6, 6.07) is 6.88. The average Bonchev–Trinajstić information content (AvgIpc) is 2.49. The van der Waals surface area contributed by atoms with Gasteiger partial charge < -0.3 is 15.1 Å². The number of hydrogen-bond donors (Lipinski definition) is 1. The smallest absolute Gasteiger partial charge is 0.0211 e. The summed E-state index contributed by atoms with van der Waals surface area (Å²) < 4.78 is 0. The van der Waals surface area contributed by atoms with Crippen LogP contribution in [0.5, 0.6) is 0 Å². The molecule has 0 bridgehead atoms. The van der Waals surface area contributed by atoms with Crippen molar-refractivity contribution in [2.24, 2.45) is 0 Å². The van der Waals surface area contributed by atoms with Crippen LogP contribution in [0.2, 0.25) is 0 Å². The van der Waals surface area contributed by atoms with Gasteiger partial charge in [-0.25, -0.2) is 0 Å². The molecular weight excluding hydrogens is 246 g/mol. The Labute approximate surface area is 123 Å². The zero-order valence-corrected chi connectivity index (χ0v) is 12.7. The predicted octanol–water partition coefficient (Wildman–Crippen LogP) is 1.51. The first-order valence-corrected chi connectivity index (χ1v) is 8.04. The lowest BCUT2D eigenvalue weighted by atomic mass is 9.93. The summed E-state index contributed by atoms with van der Waals surface area (Å²) in [5.74, 6) is 0. The second-order valence-corrected chi connectivity index (χ2v) is 6.23. The highest BCUT2D eigenvalue weighted by Crippen LogP contribution is 2.20. The summed E-state index contributed by atoms with van der Waals surface area (Å²) in [5.41, 5.74) is 4.72. The molecular formula is C17H27N3. The summed E-state index contributed by atoms with van der Waals surface area (Å²) in [4.78, 5) is 5.05. The third-order valence-electron chi connectivity index (χ3n) is 4.76. The second-order valence-electron chi connectivity index (χ2n) is 6.23. The molecule has 0 atom stereocenters. The minimum absolute atomic E-state index is 1.07. The van der Waals surface area contributed by atoms with E-state index in [0.717, 1.165) is 13.1 Å². The van der Waals surface area contributed by atoms with E-state index in [0.29, 0.717) is 0 Å². The zero-order valence-electron chi connectivity index (χ0n) is 12.7. The fraction of sp³-hybridized carbons (Fsp3) is 0.647. The summed E-state index contributed by atoms with van der Waals surface area (Å²) in [6.07, 6.45) is 3.72. The number of fused-ring (bicyclic) bond motifs is 1. The van der Waals surface area contributed by atoms with Crippen LogP contribution in [0.4, 0.5) is 0 Å². The lowest BCUT2D eigenvalue weighted by Gasteiger charge is -2.32. The summed E-state index contributed by atoms with van der Waals surface area (Å²) in [7, 11) is 2.22. The Bertz CT molecular complexity index is 436. The lowest BCUT2D eigenvalue weighted by Crippen LogP contribution is -2.44. The van der Waals surface area contributed by atoms with Crippen LogP contribution in [0.1, 0.15) is 23.1 Å². The van der Waals surface area contributed by atoms with Crippen molar-refractivity contribution in [3.8, 4) is 0 Å². The van der Waals surface area contributed by atoms with E-state index in [1.54, 1.807) is 16.7 Å². The highest BCUT2D eigenvalue weighted by atomic mass is 15.2. The van der Waals surface area contributed by atoms with E-state index >= 15 is 0 Å². The minimum atomic E-state index is 1.07. The molecule has 1 aromatic carbocycles. The molecule has 1 fully saturated rings. The Hall–Kier alpha value is -0.900. The molecule has 110 valence electrons. The largest absolute Gasteiger partial charge is 0.312 e. The molecule has 3 rings (SSSR count). The SMILES string of the molecule is CN1CCN(CCCc2cccc3c2CNCC3)CC1. The van der Waals surface area contributed by atoms with Gasteiger partial charge in [-0.1, -0.05) is 18.2 Å². The molecule has 2 aliphatic rings. The maximum Gasteiger partial charge on any atom is 0.0211 e. The number of benzene rings is 1. The molecule has 2 heterocycles. The van der Waals surface area contributed by atoms with Crippen LogP contribution in [0.15, 0.2) is 18.2 Å². The third-order valence-corrected chi connectivity index (χ3v) is 4.76. The van der Waals surface area contributed by atoms with Gasteiger partial charge in [0.25, 0.3) is 0 Å². The molecule has 1 saturated heterocycles. The number of nitrogens with zero attached hydrogens (tertiary/aromatic N) is 2. The Morgan fingerprint density at radius 2 is 2.00 bits per heavy atom. The van der Waals surface area contributed by atoms with Crippen molar-refractivity contribution in [1.82, 2.24) is 15.1 Å². The summed E-state index contributed by atoms with van der Waals surface area (Å²) in [5, 5.41) is 3.51. The number of rotatable bonds is 4.